The molecule has 8 heteroatoms. The Hall–Kier alpha value is -1.47. The molecule has 3 aromatic rings. The van der Waals surface area contributed by atoms with Gasteiger partial charge in [-0.05, 0) is 25.1 Å². The molecule has 2 N–H and O–H groups in total. The van der Waals surface area contributed by atoms with Gasteiger partial charge in [-0.25, -0.2) is 4.98 Å². The van der Waals surface area contributed by atoms with Crippen molar-refractivity contribution in [1.82, 2.24) is 15.1 Å². The minimum Gasteiger partial charge on any atom is -0.333 e. The third kappa shape index (κ3) is 2.94. The maximum atomic E-state index is 5.98. The largest absolute Gasteiger partial charge is 0.333 e. The highest BCUT2D eigenvalue weighted by atomic mass is 35.5. The van der Waals surface area contributed by atoms with Crippen LogP contribution >= 0.6 is 34.5 Å². The number of nitrogens with two attached hydrogens (primary N) is 1. The molecule has 3 rings (SSSR count). The molecule has 2 aromatic heterocycles. The van der Waals surface area contributed by atoms with Crippen LogP contribution in [0.5, 0.6) is 0 Å². The number of hydrogen-bond acceptors (Lipinski definition) is 6. The minimum absolute atomic E-state index is 0.385. The van der Waals surface area contributed by atoms with Crippen LogP contribution in [0, 0.1) is 6.92 Å². The van der Waals surface area contributed by atoms with Crippen molar-refractivity contribution in [1.29, 1.82) is 0 Å². The molecular weight excluding hydrogens is 331 g/mol. The van der Waals surface area contributed by atoms with Crippen LogP contribution in [0.4, 0.5) is 0 Å². The summed E-state index contributed by atoms with van der Waals surface area (Å²) in [6, 6.07) is 5.11. The number of halogens is 2. The van der Waals surface area contributed by atoms with Crippen LogP contribution in [0.25, 0.3) is 22.2 Å². The summed E-state index contributed by atoms with van der Waals surface area (Å²) in [6.07, 6.45) is 0. The first-order valence-corrected chi connectivity index (χ1v) is 7.61. The molecule has 0 aliphatic carbocycles. The molecule has 0 amide bonds. The summed E-state index contributed by atoms with van der Waals surface area (Å²) >= 11 is 13.4. The summed E-state index contributed by atoms with van der Waals surface area (Å²) in [6.45, 7) is 2.27. The van der Waals surface area contributed by atoms with Gasteiger partial charge in [0.15, 0.2) is 0 Å². The lowest BCUT2D eigenvalue weighted by atomic mass is 10.2. The third-order valence-corrected chi connectivity index (χ3v) is 4.36. The Bertz CT molecular complexity index is 779. The molecule has 0 radical (unpaired) electrons. The predicted octanol–water partition coefficient (Wildman–Crippen LogP) is 3.93. The fourth-order valence-electron chi connectivity index (χ4n) is 1.85. The molecule has 0 saturated carbocycles. The molecule has 1 aromatic carbocycles. The van der Waals surface area contributed by atoms with E-state index in [0.717, 1.165) is 15.6 Å². The van der Waals surface area contributed by atoms with Crippen molar-refractivity contribution in [2.45, 2.75) is 13.5 Å². The highest BCUT2D eigenvalue weighted by Gasteiger charge is 2.17. The van der Waals surface area contributed by atoms with E-state index in [9.17, 15) is 0 Å². The second kappa shape index (κ2) is 5.73. The second-order valence-electron chi connectivity index (χ2n) is 4.31. The molecule has 0 aliphatic rings. The lowest BCUT2D eigenvalue weighted by molar-refractivity contribution is 0.433. The van der Waals surface area contributed by atoms with Gasteiger partial charge in [-0.2, -0.15) is 4.98 Å². The maximum absolute atomic E-state index is 5.98. The van der Waals surface area contributed by atoms with E-state index < -0.39 is 0 Å². The Labute approximate surface area is 134 Å². The van der Waals surface area contributed by atoms with Crippen LogP contribution in [0.1, 0.15) is 10.7 Å². The van der Waals surface area contributed by atoms with Crippen LogP contribution in [0.15, 0.2) is 22.7 Å². The Morgan fingerprint density at radius 3 is 2.52 bits per heavy atom. The molecular formula is C13H10Cl2N4OS. The molecule has 0 saturated heterocycles. The molecule has 0 bridgehead atoms. The Morgan fingerprint density at radius 2 is 1.90 bits per heavy atom. The van der Waals surface area contributed by atoms with Gasteiger partial charge in [0.25, 0.3) is 5.89 Å². The van der Waals surface area contributed by atoms with Gasteiger partial charge in [-0.3, -0.25) is 0 Å². The van der Waals surface area contributed by atoms with Crippen molar-refractivity contribution in [3.8, 4) is 22.2 Å². The van der Waals surface area contributed by atoms with Crippen molar-refractivity contribution in [2.24, 2.45) is 5.73 Å². The quantitative estimate of drug-likeness (QED) is 0.781. The monoisotopic (exact) mass is 340 g/mol. The van der Waals surface area contributed by atoms with E-state index in [2.05, 4.69) is 15.1 Å². The van der Waals surface area contributed by atoms with Gasteiger partial charge in [-0.15, -0.1) is 11.3 Å². The number of nitrogens with zero attached hydrogens (tertiary/aromatic N) is 3. The van der Waals surface area contributed by atoms with Gasteiger partial charge in [0, 0.05) is 22.2 Å². The zero-order valence-corrected chi connectivity index (χ0v) is 13.3. The molecule has 5 nitrogen and oxygen atoms in total. The fourth-order valence-corrected chi connectivity index (χ4v) is 3.25. The average Bonchev–Trinajstić information content (AvgIpc) is 3.03. The van der Waals surface area contributed by atoms with E-state index in [0.29, 0.717) is 33.9 Å². The summed E-state index contributed by atoms with van der Waals surface area (Å²) < 4.78 is 5.31. The Kier molecular flexibility index (Phi) is 3.95. The lowest BCUT2D eigenvalue weighted by Gasteiger charge is -1.96. The SMILES string of the molecule is Cc1nc(CN)sc1-c1nc(-c2cc(Cl)cc(Cl)c2)no1. The highest BCUT2D eigenvalue weighted by molar-refractivity contribution is 7.15. The van der Waals surface area contributed by atoms with Gasteiger partial charge in [0.2, 0.25) is 5.82 Å². The summed E-state index contributed by atoms with van der Waals surface area (Å²) in [4.78, 5) is 9.54. The van der Waals surface area contributed by atoms with Crippen molar-refractivity contribution >= 4 is 34.5 Å². The lowest BCUT2D eigenvalue weighted by Crippen LogP contribution is -1.94. The van der Waals surface area contributed by atoms with Crippen LogP contribution < -0.4 is 5.73 Å². The number of aromatic nitrogens is 3. The van der Waals surface area contributed by atoms with Gasteiger partial charge in [-0.1, -0.05) is 28.4 Å². The zero-order valence-electron chi connectivity index (χ0n) is 10.9. The molecule has 0 unspecified atom stereocenters. The topological polar surface area (TPSA) is 77.8 Å². The summed E-state index contributed by atoms with van der Waals surface area (Å²) in [5, 5.41) is 5.83. The first-order valence-electron chi connectivity index (χ1n) is 6.03. The highest BCUT2D eigenvalue weighted by Crippen LogP contribution is 2.31. The number of rotatable bonds is 3. The summed E-state index contributed by atoms with van der Waals surface area (Å²) in [5.41, 5.74) is 7.11. The fraction of sp³-hybridized carbons (Fsp3) is 0.154. The van der Waals surface area contributed by atoms with Crippen molar-refractivity contribution in [3.05, 3.63) is 38.9 Å². The first-order chi connectivity index (χ1) is 10.1. The molecule has 0 aliphatic heterocycles. The van der Waals surface area contributed by atoms with E-state index in [1.54, 1.807) is 18.2 Å². The van der Waals surface area contributed by atoms with E-state index >= 15 is 0 Å². The van der Waals surface area contributed by atoms with Crippen molar-refractivity contribution in [2.75, 3.05) is 0 Å². The Balaban J connectivity index is 2.01. The van der Waals surface area contributed by atoms with E-state index in [4.69, 9.17) is 33.5 Å². The number of benzene rings is 1. The summed E-state index contributed by atoms with van der Waals surface area (Å²) in [5.74, 6) is 0.840. The standard InChI is InChI=1S/C13H10Cl2N4OS/c1-6-11(21-10(5-16)17-6)13-18-12(19-20-13)7-2-8(14)4-9(15)3-7/h2-4H,5,16H2,1H3. The molecule has 21 heavy (non-hydrogen) atoms. The third-order valence-electron chi connectivity index (χ3n) is 2.76. The number of hydrogen-bond donors (Lipinski definition) is 1. The number of thiazole rings is 1. The minimum atomic E-state index is 0.385. The van der Waals surface area contributed by atoms with Gasteiger partial charge < -0.3 is 10.3 Å². The van der Waals surface area contributed by atoms with E-state index in [1.807, 2.05) is 6.92 Å². The van der Waals surface area contributed by atoms with Crippen molar-refractivity contribution in [3.63, 3.8) is 0 Å². The van der Waals surface area contributed by atoms with Crippen LogP contribution in [0.2, 0.25) is 10.0 Å². The van der Waals surface area contributed by atoms with Crippen molar-refractivity contribution < 1.29 is 4.52 Å². The average molecular weight is 341 g/mol. The first kappa shape index (κ1) is 14.5. The maximum Gasteiger partial charge on any atom is 0.270 e. The second-order valence-corrected chi connectivity index (χ2v) is 6.26. The molecule has 2 heterocycles. The molecule has 0 spiro atoms. The van der Waals surface area contributed by atoms with Gasteiger partial charge in [0.1, 0.15) is 9.88 Å². The normalized spacial score (nSPS) is 11.0. The Morgan fingerprint density at radius 1 is 1.19 bits per heavy atom. The smallest absolute Gasteiger partial charge is 0.270 e. The summed E-state index contributed by atoms with van der Waals surface area (Å²) in [7, 11) is 0. The molecule has 0 atom stereocenters. The molecule has 0 fully saturated rings. The van der Waals surface area contributed by atoms with Crippen LogP contribution in [-0.4, -0.2) is 15.1 Å². The zero-order chi connectivity index (χ0) is 15.0. The van der Waals surface area contributed by atoms with Gasteiger partial charge >= 0.3 is 0 Å². The van der Waals surface area contributed by atoms with E-state index in [-0.39, 0.29) is 0 Å². The molecule has 108 valence electrons. The number of aryl methyl sites for hydroxylation is 1. The van der Waals surface area contributed by atoms with Crippen LogP contribution in [-0.2, 0) is 6.54 Å². The predicted molar refractivity (Wildman–Crippen MR) is 83.5 cm³/mol. The van der Waals surface area contributed by atoms with E-state index in [1.165, 1.54) is 11.3 Å². The van der Waals surface area contributed by atoms with Gasteiger partial charge in [0.05, 0.1) is 5.69 Å². The van der Waals surface area contributed by atoms with Crippen LogP contribution in [0.3, 0.4) is 0 Å².